The van der Waals surface area contributed by atoms with Crippen molar-refractivity contribution in [1.82, 2.24) is 9.59 Å². The van der Waals surface area contributed by atoms with Gasteiger partial charge < -0.3 is 0 Å². The van der Waals surface area contributed by atoms with Crippen LogP contribution in [-0.4, -0.2) is 15.4 Å². The van der Waals surface area contributed by atoms with Gasteiger partial charge in [0.1, 0.15) is 11.5 Å². The first-order chi connectivity index (χ1) is 7.25. The molecule has 0 saturated carbocycles. The van der Waals surface area contributed by atoms with Gasteiger partial charge in [0, 0.05) is 11.8 Å². The molecule has 0 bridgehead atoms. The number of aromatic nitrogens is 2. The Morgan fingerprint density at radius 2 is 2.07 bits per heavy atom. The van der Waals surface area contributed by atoms with Crippen LogP contribution >= 0.6 is 11.5 Å². The van der Waals surface area contributed by atoms with Crippen LogP contribution in [0.15, 0.2) is 29.6 Å². The Balaban J connectivity index is 2.09. The first kappa shape index (κ1) is 9.92. The number of ketones is 1. The van der Waals surface area contributed by atoms with Crippen LogP contribution in [0.4, 0.5) is 4.39 Å². The predicted octanol–water partition coefficient (Wildman–Crippen LogP) is 2.10. The van der Waals surface area contributed by atoms with Gasteiger partial charge in [-0.2, -0.15) is 0 Å². The van der Waals surface area contributed by atoms with Gasteiger partial charge in [-0.05, 0) is 29.2 Å². The smallest absolute Gasteiger partial charge is 0.188 e. The fraction of sp³-hybridized carbons (Fsp3) is 0.100. The molecular weight excluding hydrogens is 215 g/mol. The SMILES string of the molecule is O=C(Cc1ccc(F)cc1)c1csnn1. The van der Waals surface area contributed by atoms with E-state index >= 15 is 0 Å². The van der Waals surface area contributed by atoms with Crippen molar-refractivity contribution in [1.29, 1.82) is 0 Å². The number of benzene rings is 1. The molecule has 0 aliphatic heterocycles. The predicted molar refractivity (Wildman–Crippen MR) is 54.3 cm³/mol. The van der Waals surface area contributed by atoms with Gasteiger partial charge in [-0.3, -0.25) is 4.79 Å². The van der Waals surface area contributed by atoms with Gasteiger partial charge in [0.15, 0.2) is 5.78 Å². The van der Waals surface area contributed by atoms with Crippen molar-refractivity contribution in [2.75, 3.05) is 0 Å². The van der Waals surface area contributed by atoms with Gasteiger partial charge in [-0.1, -0.05) is 16.6 Å². The topological polar surface area (TPSA) is 42.9 Å². The molecule has 1 aromatic carbocycles. The van der Waals surface area contributed by atoms with Crippen LogP contribution in [0.5, 0.6) is 0 Å². The Labute approximate surface area is 89.7 Å². The van der Waals surface area contributed by atoms with Gasteiger partial charge in [0.05, 0.1) is 0 Å². The van der Waals surface area contributed by atoms with Crippen molar-refractivity contribution in [3.8, 4) is 0 Å². The van der Waals surface area contributed by atoms with Gasteiger partial charge in [-0.15, -0.1) is 5.10 Å². The van der Waals surface area contributed by atoms with E-state index in [0.717, 1.165) is 17.1 Å². The van der Waals surface area contributed by atoms with Gasteiger partial charge in [0.2, 0.25) is 0 Å². The molecule has 2 rings (SSSR count). The maximum absolute atomic E-state index is 12.6. The molecular formula is C10H7FN2OS. The van der Waals surface area contributed by atoms with E-state index in [1.54, 1.807) is 17.5 Å². The molecule has 1 heterocycles. The molecule has 0 aliphatic rings. The van der Waals surface area contributed by atoms with Crippen molar-refractivity contribution in [2.45, 2.75) is 6.42 Å². The second kappa shape index (κ2) is 4.27. The lowest BCUT2D eigenvalue weighted by Crippen LogP contribution is -2.03. The summed E-state index contributed by atoms with van der Waals surface area (Å²) in [6, 6.07) is 5.85. The quantitative estimate of drug-likeness (QED) is 0.747. The highest BCUT2D eigenvalue weighted by atomic mass is 32.1. The van der Waals surface area contributed by atoms with Gasteiger partial charge >= 0.3 is 0 Å². The molecule has 3 nitrogen and oxygen atoms in total. The number of Topliss-reactive ketones (excluding diaryl/α,β-unsaturated/α-hetero) is 1. The van der Waals surface area contributed by atoms with Crippen LogP contribution < -0.4 is 0 Å². The van der Waals surface area contributed by atoms with E-state index in [1.807, 2.05) is 0 Å². The van der Waals surface area contributed by atoms with Gasteiger partial charge in [-0.25, -0.2) is 4.39 Å². The summed E-state index contributed by atoms with van der Waals surface area (Å²) in [4.78, 5) is 11.6. The summed E-state index contributed by atoms with van der Waals surface area (Å²) in [7, 11) is 0. The summed E-state index contributed by atoms with van der Waals surface area (Å²) in [5, 5.41) is 5.28. The molecule has 0 amide bonds. The molecule has 0 aliphatic carbocycles. The molecule has 15 heavy (non-hydrogen) atoms. The zero-order chi connectivity index (χ0) is 10.7. The minimum absolute atomic E-state index is 0.102. The maximum Gasteiger partial charge on any atom is 0.188 e. The van der Waals surface area contributed by atoms with Crippen LogP contribution in [0.25, 0.3) is 0 Å². The molecule has 5 heteroatoms. The number of rotatable bonds is 3. The van der Waals surface area contributed by atoms with E-state index in [0.29, 0.717) is 5.69 Å². The standard InChI is InChI=1S/C10H7FN2OS/c11-8-3-1-7(2-4-8)5-10(14)9-6-15-13-12-9/h1-4,6H,5H2. The second-order valence-corrected chi connectivity index (χ2v) is 3.63. The Kier molecular flexibility index (Phi) is 2.82. The molecule has 0 unspecified atom stereocenters. The summed E-state index contributed by atoms with van der Waals surface area (Å²) in [5.41, 5.74) is 1.14. The zero-order valence-electron chi connectivity index (χ0n) is 7.68. The third-order valence-corrected chi connectivity index (χ3v) is 2.43. The summed E-state index contributed by atoms with van der Waals surface area (Å²) >= 11 is 1.14. The summed E-state index contributed by atoms with van der Waals surface area (Å²) in [6.07, 6.45) is 0.228. The number of nitrogens with zero attached hydrogens (tertiary/aromatic N) is 2. The minimum Gasteiger partial charge on any atom is -0.292 e. The number of halogens is 1. The fourth-order valence-corrected chi connectivity index (χ4v) is 1.62. The van der Waals surface area contributed by atoms with Crippen molar-refractivity contribution in [3.63, 3.8) is 0 Å². The van der Waals surface area contributed by atoms with Gasteiger partial charge in [0.25, 0.3) is 0 Å². The molecule has 0 N–H and O–H groups in total. The highest BCUT2D eigenvalue weighted by molar-refractivity contribution is 7.03. The van der Waals surface area contributed by atoms with E-state index in [9.17, 15) is 9.18 Å². The summed E-state index contributed by atoms with van der Waals surface area (Å²) in [5.74, 6) is -0.406. The third-order valence-electron chi connectivity index (χ3n) is 1.92. The molecule has 0 atom stereocenters. The minimum atomic E-state index is -0.304. The number of hydrogen-bond acceptors (Lipinski definition) is 4. The number of hydrogen-bond donors (Lipinski definition) is 0. The first-order valence-corrected chi connectivity index (χ1v) is 5.14. The highest BCUT2D eigenvalue weighted by Crippen LogP contribution is 2.07. The molecule has 0 fully saturated rings. The van der Waals surface area contributed by atoms with Crippen LogP contribution in [0.3, 0.4) is 0 Å². The van der Waals surface area contributed by atoms with Crippen molar-refractivity contribution >= 4 is 17.3 Å². The lowest BCUT2D eigenvalue weighted by atomic mass is 10.1. The number of carbonyl (C=O) groups is 1. The van der Waals surface area contributed by atoms with E-state index < -0.39 is 0 Å². The van der Waals surface area contributed by atoms with Crippen LogP contribution in [-0.2, 0) is 6.42 Å². The lowest BCUT2D eigenvalue weighted by Gasteiger charge is -1.97. The van der Waals surface area contributed by atoms with Crippen molar-refractivity contribution in [3.05, 3.63) is 46.7 Å². The maximum atomic E-state index is 12.6. The molecule has 76 valence electrons. The zero-order valence-corrected chi connectivity index (χ0v) is 8.50. The molecule has 0 radical (unpaired) electrons. The molecule has 1 aromatic heterocycles. The lowest BCUT2D eigenvalue weighted by molar-refractivity contribution is 0.0988. The normalized spacial score (nSPS) is 10.2. The Hall–Kier alpha value is -1.62. The van der Waals surface area contributed by atoms with Crippen molar-refractivity contribution < 1.29 is 9.18 Å². The van der Waals surface area contributed by atoms with E-state index in [4.69, 9.17) is 0 Å². The Morgan fingerprint density at radius 3 is 2.67 bits per heavy atom. The van der Waals surface area contributed by atoms with Crippen molar-refractivity contribution in [2.24, 2.45) is 0 Å². The molecule has 0 spiro atoms. The Morgan fingerprint density at radius 1 is 1.33 bits per heavy atom. The first-order valence-electron chi connectivity index (χ1n) is 4.30. The largest absolute Gasteiger partial charge is 0.292 e. The van der Waals surface area contributed by atoms with E-state index in [2.05, 4.69) is 9.59 Å². The number of carbonyl (C=O) groups excluding carboxylic acids is 1. The van der Waals surface area contributed by atoms with Crippen LogP contribution in [0.1, 0.15) is 16.1 Å². The molecule has 2 aromatic rings. The average molecular weight is 222 g/mol. The summed E-state index contributed by atoms with van der Waals surface area (Å²) in [6.45, 7) is 0. The van der Waals surface area contributed by atoms with E-state index in [-0.39, 0.29) is 18.0 Å². The van der Waals surface area contributed by atoms with Crippen LogP contribution in [0.2, 0.25) is 0 Å². The fourth-order valence-electron chi connectivity index (χ4n) is 1.16. The second-order valence-electron chi connectivity index (χ2n) is 3.02. The monoisotopic (exact) mass is 222 g/mol. The van der Waals surface area contributed by atoms with E-state index in [1.165, 1.54) is 12.1 Å². The third kappa shape index (κ3) is 2.44. The van der Waals surface area contributed by atoms with Crippen LogP contribution in [0, 0.1) is 5.82 Å². The summed E-state index contributed by atoms with van der Waals surface area (Å²) < 4.78 is 16.2. The average Bonchev–Trinajstić information content (AvgIpc) is 2.74. The highest BCUT2D eigenvalue weighted by Gasteiger charge is 2.09. The Bertz CT molecular complexity index is 453. The molecule has 0 saturated heterocycles.